The van der Waals surface area contributed by atoms with E-state index in [0.29, 0.717) is 18.0 Å². The van der Waals surface area contributed by atoms with Gasteiger partial charge in [-0.1, -0.05) is 57.5 Å². The Hall–Kier alpha value is -0.860. The van der Waals surface area contributed by atoms with E-state index in [4.69, 9.17) is 0 Å². The molecule has 0 fully saturated rings. The molecule has 1 aromatic rings. The van der Waals surface area contributed by atoms with Crippen molar-refractivity contribution in [2.24, 2.45) is 5.92 Å². The van der Waals surface area contributed by atoms with Gasteiger partial charge >= 0.3 is 0 Å². The van der Waals surface area contributed by atoms with E-state index in [1.807, 2.05) is 0 Å². The number of benzene rings is 1. The van der Waals surface area contributed by atoms with E-state index in [1.54, 1.807) is 0 Å². The molecular formula is C17H30N2. The van der Waals surface area contributed by atoms with Crippen molar-refractivity contribution in [1.29, 1.82) is 0 Å². The summed E-state index contributed by atoms with van der Waals surface area (Å²) in [6.45, 7) is 7.89. The summed E-state index contributed by atoms with van der Waals surface area (Å²) in [5.74, 6) is 0.667. The lowest BCUT2D eigenvalue weighted by molar-refractivity contribution is 0.217. The van der Waals surface area contributed by atoms with Crippen LogP contribution >= 0.6 is 0 Å². The number of rotatable bonds is 8. The van der Waals surface area contributed by atoms with Gasteiger partial charge in [0.25, 0.3) is 0 Å². The monoisotopic (exact) mass is 262 g/mol. The largest absolute Gasteiger partial charge is 0.308 e. The molecule has 2 nitrogen and oxygen atoms in total. The molecule has 1 N–H and O–H groups in total. The molecule has 0 saturated carbocycles. The van der Waals surface area contributed by atoms with Crippen LogP contribution in [0, 0.1) is 5.92 Å². The second-order valence-corrected chi connectivity index (χ2v) is 5.94. The van der Waals surface area contributed by atoms with Gasteiger partial charge in [-0.2, -0.15) is 0 Å². The first kappa shape index (κ1) is 16.2. The van der Waals surface area contributed by atoms with Crippen molar-refractivity contribution in [3.05, 3.63) is 35.9 Å². The van der Waals surface area contributed by atoms with Crippen LogP contribution in [0.4, 0.5) is 0 Å². The molecule has 1 aromatic carbocycles. The predicted octanol–water partition coefficient (Wildman–Crippen LogP) is 3.70. The minimum absolute atomic E-state index is 0.479. The quantitative estimate of drug-likeness (QED) is 0.768. The maximum atomic E-state index is 3.76. The molecule has 0 aliphatic carbocycles. The van der Waals surface area contributed by atoms with Crippen molar-refractivity contribution in [2.75, 3.05) is 20.6 Å². The summed E-state index contributed by atoms with van der Waals surface area (Å²) in [5.41, 5.74) is 1.41. The van der Waals surface area contributed by atoms with Crippen molar-refractivity contribution >= 4 is 0 Å². The van der Waals surface area contributed by atoms with Gasteiger partial charge in [-0.15, -0.1) is 0 Å². The van der Waals surface area contributed by atoms with E-state index in [2.05, 4.69) is 75.4 Å². The SMILES string of the molecule is CCCC(NCC(C(C)C)N(C)C)c1ccccc1. The highest BCUT2D eigenvalue weighted by Gasteiger charge is 2.18. The van der Waals surface area contributed by atoms with Gasteiger partial charge < -0.3 is 10.2 Å². The number of hydrogen-bond acceptors (Lipinski definition) is 2. The van der Waals surface area contributed by atoms with Gasteiger partial charge in [0.1, 0.15) is 0 Å². The minimum Gasteiger partial charge on any atom is -0.308 e. The van der Waals surface area contributed by atoms with Crippen LogP contribution in [-0.2, 0) is 0 Å². The van der Waals surface area contributed by atoms with Crippen LogP contribution in [0.5, 0.6) is 0 Å². The van der Waals surface area contributed by atoms with E-state index in [-0.39, 0.29) is 0 Å². The van der Waals surface area contributed by atoms with E-state index in [9.17, 15) is 0 Å². The van der Waals surface area contributed by atoms with Crippen molar-refractivity contribution in [2.45, 2.75) is 45.7 Å². The Morgan fingerprint density at radius 1 is 1.11 bits per heavy atom. The van der Waals surface area contributed by atoms with Crippen LogP contribution in [0.15, 0.2) is 30.3 Å². The molecule has 0 spiro atoms. The van der Waals surface area contributed by atoms with Crippen LogP contribution in [0.2, 0.25) is 0 Å². The number of likely N-dealkylation sites (N-methyl/N-ethyl adjacent to an activating group) is 1. The summed E-state index contributed by atoms with van der Waals surface area (Å²) in [7, 11) is 4.34. The zero-order valence-electron chi connectivity index (χ0n) is 13.2. The Labute approximate surface area is 119 Å². The first-order valence-electron chi connectivity index (χ1n) is 7.51. The molecule has 2 atom stereocenters. The predicted molar refractivity (Wildman–Crippen MR) is 84.4 cm³/mol. The lowest BCUT2D eigenvalue weighted by Gasteiger charge is -2.30. The first-order valence-corrected chi connectivity index (χ1v) is 7.51. The third-order valence-corrected chi connectivity index (χ3v) is 3.79. The van der Waals surface area contributed by atoms with Crippen molar-refractivity contribution in [3.63, 3.8) is 0 Å². The molecule has 0 saturated heterocycles. The normalized spacial score (nSPS) is 14.9. The molecule has 0 amide bonds. The molecule has 108 valence electrons. The summed E-state index contributed by atoms with van der Waals surface area (Å²) in [6, 6.07) is 11.9. The van der Waals surface area contributed by atoms with E-state index in [0.717, 1.165) is 6.54 Å². The summed E-state index contributed by atoms with van der Waals surface area (Å²) in [4.78, 5) is 2.33. The zero-order chi connectivity index (χ0) is 14.3. The van der Waals surface area contributed by atoms with Crippen molar-refractivity contribution in [1.82, 2.24) is 10.2 Å². The number of nitrogens with zero attached hydrogens (tertiary/aromatic N) is 1. The average Bonchev–Trinajstić information content (AvgIpc) is 2.38. The van der Waals surface area contributed by atoms with Crippen LogP contribution < -0.4 is 5.32 Å². The molecule has 1 rings (SSSR count). The molecule has 2 heteroatoms. The van der Waals surface area contributed by atoms with E-state index < -0.39 is 0 Å². The lowest BCUT2D eigenvalue weighted by Crippen LogP contribution is -2.42. The van der Waals surface area contributed by atoms with Crippen molar-refractivity contribution < 1.29 is 0 Å². The molecule has 0 heterocycles. The third kappa shape index (κ3) is 5.33. The molecule has 0 aromatic heterocycles. The molecule has 0 radical (unpaired) electrons. The van der Waals surface area contributed by atoms with Crippen molar-refractivity contribution in [3.8, 4) is 0 Å². The molecule has 19 heavy (non-hydrogen) atoms. The van der Waals surface area contributed by atoms with Gasteiger partial charge in [-0.25, -0.2) is 0 Å². The Balaban J connectivity index is 2.64. The maximum Gasteiger partial charge on any atom is 0.0320 e. The molecule has 0 bridgehead atoms. The zero-order valence-corrected chi connectivity index (χ0v) is 13.2. The number of hydrogen-bond donors (Lipinski definition) is 1. The minimum atomic E-state index is 0.479. The fourth-order valence-corrected chi connectivity index (χ4v) is 2.64. The van der Waals surface area contributed by atoms with E-state index >= 15 is 0 Å². The molecule has 2 unspecified atom stereocenters. The third-order valence-electron chi connectivity index (χ3n) is 3.79. The summed E-state index contributed by atoms with van der Waals surface area (Å²) in [6.07, 6.45) is 2.41. The lowest BCUT2D eigenvalue weighted by atomic mass is 9.99. The summed E-state index contributed by atoms with van der Waals surface area (Å²) < 4.78 is 0. The van der Waals surface area contributed by atoms with Gasteiger partial charge in [0, 0.05) is 18.6 Å². The molecule has 0 aliphatic rings. The van der Waals surface area contributed by atoms with Gasteiger partial charge in [0.05, 0.1) is 0 Å². The summed E-state index contributed by atoms with van der Waals surface area (Å²) >= 11 is 0. The fourth-order valence-electron chi connectivity index (χ4n) is 2.64. The highest BCUT2D eigenvalue weighted by atomic mass is 15.1. The fraction of sp³-hybridized carbons (Fsp3) is 0.647. The average molecular weight is 262 g/mol. The highest BCUT2D eigenvalue weighted by Crippen LogP contribution is 2.19. The topological polar surface area (TPSA) is 15.3 Å². The van der Waals surface area contributed by atoms with Gasteiger partial charge in [0.2, 0.25) is 0 Å². The Morgan fingerprint density at radius 2 is 1.74 bits per heavy atom. The number of nitrogens with one attached hydrogen (secondary N) is 1. The van der Waals surface area contributed by atoms with Crippen LogP contribution in [-0.4, -0.2) is 31.6 Å². The Kier molecular flexibility index (Phi) is 7.11. The van der Waals surface area contributed by atoms with Gasteiger partial charge in [-0.3, -0.25) is 0 Å². The Bertz CT molecular complexity index is 324. The molecule has 0 aliphatic heterocycles. The second kappa shape index (κ2) is 8.34. The maximum absolute atomic E-state index is 3.76. The summed E-state index contributed by atoms with van der Waals surface area (Å²) in [5, 5.41) is 3.76. The highest BCUT2D eigenvalue weighted by molar-refractivity contribution is 5.18. The van der Waals surface area contributed by atoms with Crippen LogP contribution in [0.25, 0.3) is 0 Å². The van der Waals surface area contributed by atoms with Crippen LogP contribution in [0.3, 0.4) is 0 Å². The van der Waals surface area contributed by atoms with Crippen LogP contribution in [0.1, 0.15) is 45.2 Å². The van der Waals surface area contributed by atoms with E-state index in [1.165, 1.54) is 18.4 Å². The standard InChI is InChI=1S/C17H30N2/c1-6-10-16(15-11-8-7-9-12-15)18-13-17(14(2)3)19(4)5/h7-9,11-12,14,16-18H,6,10,13H2,1-5H3. The van der Waals surface area contributed by atoms with Gasteiger partial charge in [-0.05, 0) is 32.0 Å². The molecular weight excluding hydrogens is 232 g/mol. The smallest absolute Gasteiger partial charge is 0.0320 e. The Morgan fingerprint density at radius 3 is 2.21 bits per heavy atom. The second-order valence-electron chi connectivity index (χ2n) is 5.94. The van der Waals surface area contributed by atoms with Gasteiger partial charge in [0.15, 0.2) is 0 Å². The first-order chi connectivity index (χ1) is 9.06.